The van der Waals surface area contributed by atoms with Crippen molar-refractivity contribution in [3.05, 3.63) is 150 Å². The molecule has 0 bridgehead atoms. The molecule has 49 heavy (non-hydrogen) atoms. The van der Waals surface area contributed by atoms with Gasteiger partial charge in [0.15, 0.2) is 16.3 Å². The summed E-state index contributed by atoms with van der Waals surface area (Å²) in [5, 5.41) is 0. The van der Waals surface area contributed by atoms with Gasteiger partial charge in [0.25, 0.3) is 5.56 Å². The predicted molar refractivity (Wildman–Crippen MR) is 187 cm³/mol. The van der Waals surface area contributed by atoms with Crippen LogP contribution in [0.2, 0.25) is 0 Å². The highest BCUT2D eigenvalue weighted by molar-refractivity contribution is 7.07. The molecule has 0 saturated heterocycles. The number of carbonyl (C=O) groups is 1. The number of nitrogens with zero attached hydrogens (tertiary/aromatic N) is 2. The summed E-state index contributed by atoms with van der Waals surface area (Å²) >= 11 is 1.24. The van der Waals surface area contributed by atoms with Crippen LogP contribution >= 0.6 is 11.3 Å². The number of hydrogen-bond donors (Lipinski definition) is 0. The van der Waals surface area contributed by atoms with Gasteiger partial charge >= 0.3 is 5.97 Å². The lowest BCUT2D eigenvalue weighted by molar-refractivity contribution is -0.138. The minimum atomic E-state index is -0.801. The highest BCUT2D eigenvalue weighted by Gasteiger charge is 2.35. The normalized spacial score (nSPS) is 14.2. The average Bonchev–Trinajstić information content (AvgIpc) is 3.43. The Morgan fingerprint density at radius 3 is 2.29 bits per heavy atom. The van der Waals surface area contributed by atoms with Gasteiger partial charge in [-0.05, 0) is 79.9 Å². The third-order valence-corrected chi connectivity index (χ3v) is 8.74. The number of halogens is 1. The first-order chi connectivity index (χ1) is 23.9. The molecule has 0 amide bonds. The van der Waals surface area contributed by atoms with Crippen molar-refractivity contribution in [2.24, 2.45) is 4.99 Å². The molecule has 250 valence electrons. The maximum Gasteiger partial charge on any atom is 0.338 e. The molecule has 0 spiro atoms. The fourth-order valence-corrected chi connectivity index (χ4v) is 6.56. The van der Waals surface area contributed by atoms with E-state index in [4.69, 9.17) is 23.9 Å². The van der Waals surface area contributed by atoms with E-state index in [1.807, 2.05) is 80.6 Å². The molecule has 5 aromatic rings. The van der Waals surface area contributed by atoms with Crippen molar-refractivity contribution >= 4 is 29.1 Å². The van der Waals surface area contributed by atoms with Crippen LogP contribution in [0.5, 0.6) is 17.2 Å². The zero-order valence-electron chi connectivity index (χ0n) is 27.4. The second-order valence-electron chi connectivity index (χ2n) is 11.0. The Labute approximate surface area is 287 Å². The highest BCUT2D eigenvalue weighted by atomic mass is 32.1. The maximum atomic E-state index is 14.3. The van der Waals surface area contributed by atoms with Crippen molar-refractivity contribution in [1.29, 1.82) is 0 Å². The molecule has 1 atom stereocenters. The number of esters is 1. The molecule has 1 aliphatic rings. The van der Waals surface area contributed by atoms with Gasteiger partial charge in [0.05, 0.1) is 41.7 Å². The van der Waals surface area contributed by atoms with Crippen LogP contribution in [0.3, 0.4) is 0 Å². The number of fused-ring (bicyclic) bond motifs is 1. The minimum Gasteiger partial charge on any atom is -0.494 e. The topological polar surface area (TPSA) is 88.4 Å². The zero-order valence-corrected chi connectivity index (χ0v) is 28.2. The van der Waals surface area contributed by atoms with Crippen LogP contribution in [0.4, 0.5) is 4.39 Å². The van der Waals surface area contributed by atoms with E-state index in [9.17, 15) is 14.0 Å². The van der Waals surface area contributed by atoms with Crippen molar-refractivity contribution in [2.45, 2.75) is 33.4 Å². The Bertz CT molecular complexity index is 2160. The summed E-state index contributed by atoms with van der Waals surface area (Å²) in [6.07, 6.45) is 1.78. The van der Waals surface area contributed by atoms with E-state index in [1.54, 1.807) is 35.8 Å². The third-order valence-electron chi connectivity index (χ3n) is 7.75. The molecule has 0 unspecified atom stereocenters. The molecule has 0 radical (unpaired) electrons. The van der Waals surface area contributed by atoms with Crippen LogP contribution in [0.1, 0.15) is 49.1 Å². The number of rotatable bonds is 12. The maximum absolute atomic E-state index is 14.3. The summed E-state index contributed by atoms with van der Waals surface area (Å²) in [5.41, 5.74) is 3.40. The first-order valence-corrected chi connectivity index (χ1v) is 16.9. The quantitative estimate of drug-likeness (QED) is 0.141. The molecule has 0 fully saturated rings. The smallest absolute Gasteiger partial charge is 0.338 e. The Morgan fingerprint density at radius 1 is 0.857 bits per heavy atom. The SMILES string of the molecule is CCOC(=O)C1=C(c2ccccc2)N=c2s/c(=C\c3ccc(OCc4ccc(F)cc4)c(OCC)c3)c(=O)n2[C@H]1c1ccc(OCC)cc1. The van der Waals surface area contributed by atoms with Gasteiger partial charge in [0.2, 0.25) is 0 Å². The number of thiazole rings is 1. The van der Waals surface area contributed by atoms with Crippen LogP contribution in [0, 0.1) is 5.82 Å². The Hall–Kier alpha value is -5.48. The average molecular weight is 679 g/mol. The Balaban J connectivity index is 1.47. The molecular formula is C39H35FN2O6S. The van der Waals surface area contributed by atoms with E-state index >= 15 is 0 Å². The molecule has 0 saturated carbocycles. The van der Waals surface area contributed by atoms with E-state index in [0.29, 0.717) is 56.6 Å². The van der Waals surface area contributed by atoms with Crippen LogP contribution < -0.4 is 29.1 Å². The monoisotopic (exact) mass is 678 g/mol. The van der Waals surface area contributed by atoms with E-state index < -0.39 is 12.0 Å². The largest absolute Gasteiger partial charge is 0.494 e. The van der Waals surface area contributed by atoms with Gasteiger partial charge in [-0.2, -0.15) is 0 Å². The van der Waals surface area contributed by atoms with Crippen molar-refractivity contribution in [3.8, 4) is 17.2 Å². The molecule has 8 nitrogen and oxygen atoms in total. The van der Waals surface area contributed by atoms with Crippen molar-refractivity contribution < 1.29 is 28.1 Å². The predicted octanol–water partition coefficient (Wildman–Crippen LogP) is 6.45. The molecule has 0 N–H and O–H groups in total. The van der Waals surface area contributed by atoms with Gasteiger partial charge in [-0.1, -0.05) is 72.0 Å². The van der Waals surface area contributed by atoms with Crippen molar-refractivity contribution in [1.82, 2.24) is 4.57 Å². The summed E-state index contributed by atoms with van der Waals surface area (Å²) in [5.74, 6) is 0.850. The van der Waals surface area contributed by atoms with Crippen LogP contribution in [-0.2, 0) is 16.1 Å². The first kappa shape index (κ1) is 33.4. The van der Waals surface area contributed by atoms with Gasteiger partial charge in [0, 0.05) is 5.56 Å². The van der Waals surface area contributed by atoms with Crippen molar-refractivity contribution in [2.75, 3.05) is 19.8 Å². The van der Waals surface area contributed by atoms with E-state index in [1.165, 1.54) is 23.5 Å². The third kappa shape index (κ3) is 7.34. The van der Waals surface area contributed by atoms with Gasteiger partial charge in [-0.25, -0.2) is 14.2 Å². The number of benzene rings is 4. The zero-order chi connectivity index (χ0) is 34.3. The molecule has 4 aromatic carbocycles. The fraction of sp³-hybridized carbons (Fsp3) is 0.205. The standard InChI is InChI=1S/C39H35FN2O6S/c1-4-45-30-19-15-28(16-20-30)36-34(38(44)47-6-3)35(27-10-8-7-9-11-27)41-39-42(36)37(43)33(49-39)23-26-14-21-31(32(22-26)46-5-2)48-24-25-12-17-29(40)18-13-25/h7-23,36H,4-6,24H2,1-3H3/b33-23-/t36-/m0/s1. The van der Waals surface area contributed by atoms with Crippen LogP contribution in [0.25, 0.3) is 11.8 Å². The second kappa shape index (κ2) is 15.2. The number of ether oxygens (including phenoxy) is 4. The van der Waals surface area contributed by atoms with E-state index in [-0.39, 0.29) is 30.2 Å². The van der Waals surface area contributed by atoms with Gasteiger partial charge in [0.1, 0.15) is 18.2 Å². The summed E-state index contributed by atoms with van der Waals surface area (Å²) < 4.78 is 38.5. The van der Waals surface area contributed by atoms with E-state index in [2.05, 4.69) is 0 Å². The van der Waals surface area contributed by atoms with Gasteiger partial charge in [-0.3, -0.25) is 9.36 Å². The number of carbonyl (C=O) groups excluding carboxylic acids is 1. The number of aromatic nitrogens is 1. The lowest BCUT2D eigenvalue weighted by atomic mass is 9.93. The molecule has 1 aliphatic heterocycles. The summed E-state index contributed by atoms with van der Waals surface area (Å²) in [6.45, 7) is 6.84. The molecular weight excluding hydrogens is 644 g/mol. The highest BCUT2D eigenvalue weighted by Crippen LogP contribution is 2.36. The first-order valence-electron chi connectivity index (χ1n) is 16.1. The molecule has 1 aromatic heterocycles. The molecule has 6 rings (SSSR count). The fourth-order valence-electron chi connectivity index (χ4n) is 5.56. The second-order valence-corrected chi connectivity index (χ2v) is 12.0. The van der Waals surface area contributed by atoms with Gasteiger partial charge < -0.3 is 18.9 Å². The van der Waals surface area contributed by atoms with Crippen LogP contribution in [-0.4, -0.2) is 30.4 Å². The Kier molecular flexibility index (Phi) is 10.3. The lowest BCUT2D eigenvalue weighted by Gasteiger charge is -2.26. The summed E-state index contributed by atoms with van der Waals surface area (Å²) in [7, 11) is 0. The molecule has 10 heteroatoms. The summed E-state index contributed by atoms with van der Waals surface area (Å²) in [6, 6.07) is 27.5. The summed E-state index contributed by atoms with van der Waals surface area (Å²) in [4.78, 5) is 33.4. The van der Waals surface area contributed by atoms with Crippen LogP contribution in [0.15, 0.2) is 112 Å². The lowest BCUT2D eigenvalue weighted by Crippen LogP contribution is -2.40. The Morgan fingerprint density at radius 2 is 1.59 bits per heavy atom. The van der Waals surface area contributed by atoms with Gasteiger partial charge in [-0.15, -0.1) is 0 Å². The number of hydrogen-bond acceptors (Lipinski definition) is 8. The van der Waals surface area contributed by atoms with Crippen molar-refractivity contribution in [3.63, 3.8) is 0 Å². The van der Waals surface area contributed by atoms with E-state index in [0.717, 1.165) is 11.1 Å². The minimum absolute atomic E-state index is 0.163. The molecule has 0 aliphatic carbocycles. The molecule has 2 heterocycles.